The molecule has 0 saturated heterocycles. The summed E-state index contributed by atoms with van der Waals surface area (Å²) in [7, 11) is 0. The highest BCUT2D eigenvalue weighted by Gasteiger charge is 2.32. The van der Waals surface area contributed by atoms with Gasteiger partial charge in [0, 0.05) is 11.6 Å². The Balaban J connectivity index is 0.00000192. The van der Waals surface area contributed by atoms with Gasteiger partial charge in [-0.15, -0.1) is 12.4 Å². The van der Waals surface area contributed by atoms with E-state index in [1.54, 1.807) is 18.2 Å². The summed E-state index contributed by atoms with van der Waals surface area (Å²) in [5.74, 6) is 1.09. The molecule has 0 amide bonds. The Kier molecular flexibility index (Phi) is 4.59. The average Bonchev–Trinajstić information content (AvgIpc) is 3.38. The highest BCUT2D eigenvalue weighted by atomic mass is 35.5. The van der Waals surface area contributed by atoms with Gasteiger partial charge in [0.1, 0.15) is 11.6 Å². The monoisotopic (exact) mass is 401 g/mol. The Bertz CT molecular complexity index is 1070. The first kappa shape index (κ1) is 18.8. The van der Waals surface area contributed by atoms with Crippen molar-refractivity contribution < 1.29 is 9.50 Å². The lowest BCUT2D eigenvalue weighted by molar-refractivity contribution is 0.0150. The summed E-state index contributed by atoms with van der Waals surface area (Å²) in [4.78, 5) is 13.6. The van der Waals surface area contributed by atoms with Crippen LogP contribution in [0.4, 0.5) is 10.2 Å². The third-order valence-corrected chi connectivity index (χ3v) is 5.34. The molecule has 0 atom stereocenters. The maximum Gasteiger partial charge on any atom is 0.166 e. The van der Waals surface area contributed by atoms with Crippen LogP contribution in [-0.2, 0) is 0 Å². The minimum absolute atomic E-state index is 0. The van der Waals surface area contributed by atoms with E-state index in [0.29, 0.717) is 28.4 Å². The van der Waals surface area contributed by atoms with E-state index in [2.05, 4.69) is 15.0 Å². The first-order chi connectivity index (χ1) is 13.0. The highest BCUT2D eigenvalue weighted by Crippen LogP contribution is 2.41. The van der Waals surface area contributed by atoms with Crippen LogP contribution >= 0.6 is 12.4 Å². The van der Waals surface area contributed by atoms with Crippen molar-refractivity contribution in [2.75, 3.05) is 5.73 Å². The lowest BCUT2D eigenvalue weighted by Crippen LogP contribution is -2.33. The number of hydrogen-bond donors (Lipinski definition) is 2. The van der Waals surface area contributed by atoms with Crippen molar-refractivity contribution in [1.29, 1.82) is 0 Å². The SMILES string of the molecule is Cl.Nc1nc(C=CC2(O)CCC2)nc2c1nc(-c1cccc(F)c1)n2C1CC1. The molecule has 0 spiro atoms. The number of rotatable bonds is 4. The van der Waals surface area contributed by atoms with Crippen LogP contribution in [0, 0.1) is 5.82 Å². The van der Waals surface area contributed by atoms with Crippen LogP contribution in [0.3, 0.4) is 0 Å². The van der Waals surface area contributed by atoms with Crippen molar-refractivity contribution in [3.8, 4) is 11.4 Å². The van der Waals surface area contributed by atoms with Crippen LogP contribution in [-0.4, -0.2) is 30.2 Å². The van der Waals surface area contributed by atoms with Crippen molar-refractivity contribution >= 4 is 35.5 Å². The molecule has 0 aliphatic heterocycles. The van der Waals surface area contributed by atoms with Gasteiger partial charge in [-0.2, -0.15) is 0 Å². The first-order valence-electron chi connectivity index (χ1n) is 9.25. The van der Waals surface area contributed by atoms with Gasteiger partial charge in [-0.3, -0.25) is 0 Å². The van der Waals surface area contributed by atoms with Gasteiger partial charge in [-0.25, -0.2) is 19.3 Å². The smallest absolute Gasteiger partial charge is 0.166 e. The molecule has 3 aromatic rings. The number of halogens is 2. The van der Waals surface area contributed by atoms with Crippen LogP contribution in [0.2, 0.25) is 0 Å². The van der Waals surface area contributed by atoms with E-state index in [1.165, 1.54) is 12.1 Å². The number of imidazole rings is 1. The van der Waals surface area contributed by atoms with Gasteiger partial charge < -0.3 is 15.4 Å². The van der Waals surface area contributed by atoms with Gasteiger partial charge in [0.25, 0.3) is 0 Å². The molecule has 1 aromatic carbocycles. The lowest BCUT2D eigenvalue weighted by Gasteiger charge is -2.33. The third-order valence-electron chi connectivity index (χ3n) is 5.34. The van der Waals surface area contributed by atoms with Crippen molar-refractivity contribution in [3.05, 3.63) is 42.0 Å². The van der Waals surface area contributed by atoms with E-state index in [4.69, 9.17) is 5.73 Å². The molecule has 0 unspecified atom stereocenters. The zero-order chi connectivity index (χ0) is 18.6. The lowest BCUT2D eigenvalue weighted by atomic mass is 9.80. The molecule has 0 radical (unpaired) electrons. The van der Waals surface area contributed by atoms with Crippen molar-refractivity contribution in [2.24, 2.45) is 0 Å². The molecule has 28 heavy (non-hydrogen) atoms. The van der Waals surface area contributed by atoms with Crippen LogP contribution in [0.5, 0.6) is 0 Å². The molecule has 146 valence electrons. The summed E-state index contributed by atoms with van der Waals surface area (Å²) in [5, 5.41) is 10.3. The molecule has 5 rings (SSSR count). The number of nitrogens with zero attached hydrogens (tertiary/aromatic N) is 4. The van der Waals surface area contributed by atoms with Crippen molar-refractivity contribution in [3.63, 3.8) is 0 Å². The topological polar surface area (TPSA) is 89.8 Å². The standard InChI is InChI=1S/C20H20FN5O.ClH/c21-13-4-1-3-12(11-13)18-25-16-17(22)23-15(7-10-20(27)8-2-9-20)24-19(16)26(18)14-5-6-14;/h1,3-4,7,10-11,14,27H,2,5-6,8-9H2,(H2,22,23,24);1H. The Hall–Kier alpha value is -2.51. The van der Waals surface area contributed by atoms with E-state index in [0.717, 1.165) is 32.1 Å². The third kappa shape index (κ3) is 3.25. The largest absolute Gasteiger partial charge is 0.386 e. The van der Waals surface area contributed by atoms with Crippen molar-refractivity contribution in [2.45, 2.75) is 43.7 Å². The van der Waals surface area contributed by atoms with Gasteiger partial charge in [0.05, 0.1) is 5.60 Å². The van der Waals surface area contributed by atoms with E-state index < -0.39 is 5.60 Å². The van der Waals surface area contributed by atoms with Gasteiger partial charge in [-0.05, 0) is 56.4 Å². The fraction of sp³-hybridized carbons (Fsp3) is 0.350. The normalized spacial score (nSPS) is 18.2. The predicted octanol–water partition coefficient (Wildman–Crippen LogP) is 3.90. The van der Waals surface area contributed by atoms with Crippen LogP contribution in [0.1, 0.15) is 44.0 Å². The molecule has 3 N–H and O–H groups in total. The summed E-state index contributed by atoms with van der Waals surface area (Å²) >= 11 is 0. The summed E-state index contributed by atoms with van der Waals surface area (Å²) in [6, 6.07) is 6.67. The molecule has 2 aliphatic carbocycles. The average molecular weight is 402 g/mol. The minimum Gasteiger partial charge on any atom is -0.386 e. The zero-order valence-electron chi connectivity index (χ0n) is 15.2. The Labute approximate surface area is 167 Å². The summed E-state index contributed by atoms with van der Waals surface area (Å²) in [5.41, 5.74) is 7.28. The second-order valence-electron chi connectivity index (χ2n) is 7.48. The molecule has 2 aromatic heterocycles. The van der Waals surface area contributed by atoms with Crippen LogP contribution in [0.25, 0.3) is 28.6 Å². The van der Waals surface area contributed by atoms with E-state index in [1.807, 2.05) is 10.6 Å². The molecule has 2 fully saturated rings. The maximum absolute atomic E-state index is 13.7. The number of aromatic nitrogens is 4. The molecule has 2 saturated carbocycles. The number of aliphatic hydroxyl groups is 1. The number of anilines is 1. The zero-order valence-corrected chi connectivity index (χ0v) is 16.0. The predicted molar refractivity (Wildman–Crippen MR) is 108 cm³/mol. The summed E-state index contributed by atoms with van der Waals surface area (Å²) in [6.07, 6.45) is 8.07. The van der Waals surface area contributed by atoms with Gasteiger partial charge in [0.15, 0.2) is 22.8 Å². The van der Waals surface area contributed by atoms with E-state index >= 15 is 0 Å². The second-order valence-corrected chi connectivity index (χ2v) is 7.48. The number of nitrogen functional groups attached to an aromatic ring is 1. The highest BCUT2D eigenvalue weighted by molar-refractivity contribution is 5.86. The molecule has 2 aliphatic rings. The van der Waals surface area contributed by atoms with Gasteiger partial charge in [0.2, 0.25) is 0 Å². The fourth-order valence-corrected chi connectivity index (χ4v) is 3.53. The molecular weight excluding hydrogens is 381 g/mol. The Morgan fingerprint density at radius 3 is 2.64 bits per heavy atom. The molecule has 8 heteroatoms. The van der Waals surface area contributed by atoms with Gasteiger partial charge >= 0.3 is 0 Å². The second kappa shape index (κ2) is 6.83. The quantitative estimate of drug-likeness (QED) is 0.692. The Morgan fingerprint density at radius 1 is 1.21 bits per heavy atom. The molecule has 6 nitrogen and oxygen atoms in total. The minimum atomic E-state index is -0.753. The molecule has 2 heterocycles. The molecular formula is C20H21ClFN5O. The maximum atomic E-state index is 13.7. The molecule has 0 bridgehead atoms. The van der Waals surface area contributed by atoms with E-state index in [-0.39, 0.29) is 30.1 Å². The fourth-order valence-electron chi connectivity index (χ4n) is 3.53. The number of benzene rings is 1. The summed E-state index contributed by atoms with van der Waals surface area (Å²) in [6.45, 7) is 0. The van der Waals surface area contributed by atoms with Crippen LogP contribution in [0.15, 0.2) is 30.3 Å². The van der Waals surface area contributed by atoms with Gasteiger partial charge in [-0.1, -0.05) is 12.1 Å². The first-order valence-corrected chi connectivity index (χ1v) is 9.25. The summed E-state index contributed by atoms with van der Waals surface area (Å²) < 4.78 is 15.8. The van der Waals surface area contributed by atoms with Crippen LogP contribution < -0.4 is 5.73 Å². The van der Waals surface area contributed by atoms with E-state index in [9.17, 15) is 9.50 Å². The Morgan fingerprint density at radius 2 is 2.00 bits per heavy atom. The van der Waals surface area contributed by atoms with Crippen molar-refractivity contribution in [1.82, 2.24) is 19.5 Å². The number of nitrogens with two attached hydrogens (primary N) is 1. The number of hydrogen-bond acceptors (Lipinski definition) is 5. The number of fused-ring (bicyclic) bond motifs is 1.